The van der Waals surface area contributed by atoms with Crippen LogP contribution >= 0.6 is 0 Å². The van der Waals surface area contributed by atoms with Crippen molar-refractivity contribution in [2.45, 2.75) is 25.4 Å². The van der Waals surface area contributed by atoms with Gasteiger partial charge in [0.25, 0.3) is 0 Å². The standard InChI is InChI=1S/C20H20F3N3O/c21-20(22,23)17-4-2-1-3-16(17)12-19(14-27)6-9-26(10-7-19)18-11-15(13-24)5-8-25-18/h1-5,8,11,27H,6-7,9-10,12,14H2. The van der Waals surface area contributed by atoms with Crippen LogP contribution in [0.1, 0.15) is 29.5 Å². The van der Waals surface area contributed by atoms with E-state index in [1.165, 1.54) is 12.1 Å². The van der Waals surface area contributed by atoms with E-state index in [0.717, 1.165) is 6.07 Å². The number of piperidine rings is 1. The molecular weight excluding hydrogens is 355 g/mol. The highest BCUT2D eigenvalue weighted by molar-refractivity contribution is 5.45. The van der Waals surface area contributed by atoms with Gasteiger partial charge in [-0.3, -0.25) is 0 Å². The molecule has 2 aromatic rings. The summed E-state index contributed by atoms with van der Waals surface area (Å²) in [6.07, 6.45) is -1.56. The minimum Gasteiger partial charge on any atom is -0.396 e. The Balaban J connectivity index is 1.77. The van der Waals surface area contributed by atoms with Crippen molar-refractivity contribution in [3.05, 3.63) is 59.3 Å². The zero-order valence-corrected chi connectivity index (χ0v) is 14.7. The molecule has 0 aliphatic carbocycles. The number of alkyl halides is 3. The fourth-order valence-electron chi connectivity index (χ4n) is 3.62. The van der Waals surface area contributed by atoms with Gasteiger partial charge in [0.05, 0.1) is 17.2 Å². The van der Waals surface area contributed by atoms with E-state index < -0.39 is 17.2 Å². The summed E-state index contributed by atoms with van der Waals surface area (Å²) >= 11 is 0. The first-order valence-electron chi connectivity index (χ1n) is 8.74. The second-order valence-electron chi connectivity index (χ2n) is 6.99. The zero-order valence-electron chi connectivity index (χ0n) is 14.7. The van der Waals surface area contributed by atoms with Crippen molar-refractivity contribution in [2.75, 3.05) is 24.6 Å². The molecule has 1 saturated heterocycles. The highest BCUT2D eigenvalue weighted by Crippen LogP contribution is 2.40. The Morgan fingerprint density at radius 2 is 1.89 bits per heavy atom. The summed E-state index contributed by atoms with van der Waals surface area (Å²) < 4.78 is 39.8. The monoisotopic (exact) mass is 375 g/mol. The van der Waals surface area contributed by atoms with Gasteiger partial charge in [0.1, 0.15) is 5.82 Å². The van der Waals surface area contributed by atoms with Gasteiger partial charge in [-0.25, -0.2) is 4.98 Å². The van der Waals surface area contributed by atoms with Gasteiger partial charge in [-0.15, -0.1) is 0 Å². The predicted octanol–water partition coefficient (Wildman–Crippen LogP) is 3.79. The van der Waals surface area contributed by atoms with Gasteiger partial charge < -0.3 is 10.0 Å². The molecule has 1 aliphatic heterocycles. The molecule has 0 unspecified atom stereocenters. The van der Waals surface area contributed by atoms with Crippen LogP contribution in [0.15, 0.2) is 42.6 Å². The number of rotatable bonds is 4. The molecule has 1 aliphatic rings. The summed E-state index contributed by atoms with van der Waals surface area (Å²) in [7, 11) is 0. The van der Waals surface area contributed by atoms with Crippen LogP contribution in [0.4, 0.5) is 19.0 Å². The van der Waals surface area contributed by atoms with Crippen LogP contribution in [0.2, 0.25) is 0 Å². The number of aliphatic hydroxyl groups is 1. The first-order valence-corrected chi connectivity index (χ1v) is 8.74. The lowest BCUT2D eigenvalue weighted by Crippen LogP contribution is -2.43. The van der Waals surface area contributed by atoms with Crippen molar-refractivity contribution >= 4 is 5.82 Å². The van der Waals surface area contributed by atoms with E-state index in [2.05, 4.69) is 11.1 Å². The Morgan fingerprint density at radius 1 is 1.19 bits per heavy atom. The van der Waals surface area contributed by atoms with Gasteiger partial charge in [0.15, 0.2) is 0 Å². The second kappa shape index (κ2) is 7.57. The molecule has 7 heteroatoms. The molecule has 1 N–H and O–H groups in total. The quantitative estimate of drug-likeness (QED) is 0.883. The van der Waals surface area contributed by atoms with Gasteiger partial charge >= 0.3 is 6.18 Å². The maximum absolute atomic E-state index is 13.3. The molecule has 0 bridgehead atoms. The van der Waals surface area contributed by atoms with Crippen molar-refractivity contribution in [2.24, 2.45) is 5.41 Å². The number of halogens is 3. The van der Waals surface area contributed by atoms with Crippen molar-refractivity contribution < 1.29 is 18.3 Å². The van der Waals surface area contributed by atoms with Crippen LogP contribution < -0.4 is 4.90 Å². The fraction of sp³-hybridized carbons (Fsp3) is 0.400. The molecule has 0 amide bonds. The third-order valence-corrected chi connectivity index (χ3v) is 5.25. The lowest BCUT2D eigenvalue weighted by Gasteiger charge is -2.41. The van der Waals surface area contributed by atoms with Gasteiger partial charge in [-0.1, -0.05) is 18.2 Å². The molecule has 4 nitrogen and oxygen atoms in total. The number of nitrogens with zero attached hydrogens (tertiary/aromatic N) is 3. The van der Waals surface area contributed by atoms with Crippen molar-refractivity contribution in [3.63, 3.8) is 0 Å². The van der Waals surface area contributed by atoms with Crippen molar-refractivity contribution in [1.82, 2.24) is 4.98 Å². The number of nitriles is 1. The fourth-order valence-corrected chi connectivity index (χ4v) is 3.62. The van der Waals surface area contributed by atoms with Crippen molar-refractivity contribution in [3.8, 4) is 6.07 Å². The molecule has 2 heterocycles. The first-order chi connectivity index (χ1) is 12.9. The Kier molecular flexibility index (Phi) is 5.38. The Morgan fingerprint density at radius 3 is 2.52 bits per heavy atom. The van der Waals surface area contributed by atoms with Gasteiger partial charge in [-0.2, -0.15) is 18.4 Å². The summed E-state index contributed by atoms with van der Waals surface area (Å²) in [6.45, 7) is 0.964. The number of hydrogen-bond acceptors (Lipinski definition) is 4. The number of pyridine rings is 1. The molecule has 0 saturated carbocycles. The van der Waals surface area contributed by atoms with Crippen LogP contribution in [-0.4, -0.2) is 29.8 Å². The Labute approximate surface area is 155 Å². The van der Waals surface area contributed by atoms with E-state index in [-0.39, 0.29) is 18.6 Å². The van der Waals surface area contributed by atoms with E-state index in [1.807, 2.05) is 4.90 Å². The Hall–Kier alpha value is -2.59. The van der Waals surface area contributed by atoms with Crippen LogP contribution in [-0.2, 0) is 12.6 Å². The van der Waals surface area contributed by atoms with Crippen LogP contribution in [0.25, 0.3) is 0 Å². The molecule has 142 valence electrons. The average molecular weight is 375 g/mol. The van der Waals surface area contributed by atoms with E-state index >= 15 is 0 Å². The third kappa shape index (κ3) is 4.22. The van der Waals surface area contributed by atoms with Gasteiger partial charge in [-0.05, 0) is 43.0 Å². The number of anilines is 1. The molecule has 0 radical (unpaired) electrons. The summed E-state index contributed by atoms with van der Waals surface area (Å²) in [6, 6.07) is 11.0. The third-order valence-electron chi connectivity index (χ3n) is 5.25. The molecule has 3 rings (SSSR count). The normalized spacial score (nSPS) is 16.8. The average Bonchev–Trinajstić information content (AvgIpc) is 2.68. The summed E-state index contributed by atoms with van der Waals surface area (Å²) in [5, 5.41) is 19.0. The second-order valence-corrected chi connectivity index (χ2v) is 6.99. The maximum Gasteiger partial charge on any atom is 0.416 e. The highest BCUT2D eigenvalue weighted by Gasteiger charge is 2.39. The number of benzene rings is 1. The summed E-state index contributed by atoms with van der Waals surface area (Å²) in [5.74, 6) is 0.677. The van der Waals surface area contributed by atoms with Crippen LogP contribution in [0.3, 0.4) is 0 Å². The smallest absolute Gasteiger partial charge is 0.396 e. The lowest BCUT2D eigenvalue weighted by atomic mass is 9.73. The molecule has 0 atom stereocenters. The molecule has 27 heavy (non-hydrogen) atoms. The molecular formula is C20H20F3N3O. The molecule has 1 fully saturated rings. The SMILES string of the molecule is N#Cc1ccnc(N2CCC(CO)(Cc3ccccc3C(F)(F)F)CC2)c1. The summed E-state index contributed by atoms with van der Waals surface area (Å²) in [4.78, 5) is 6.28. The van der Waals surface area contributed by atoms with E-state index in [1.54, 1.807) is 24.4 Å². The predicted molar refractivity (Wildman–Crippen MR) is 95.1 cm³/mol. The molecule has 1 aromatic heterocycles. The van der Waals surface area contributed by atoms with Gasteiger partial charge in [0.2, 0.25) is 0 Å². The molecule has 1 aromatic carbocycles. The minimum absolute atomic E-state index is 0.168. The zero-order chi connectivity index (χ0) is 19.5. The van der Waals surface area contributed by atoms with E-state index in [9.17, 15) is 18.3 Å². The first kappa shape index (κ1) is 19.2. The molecule has 0 spiro atoms. The van der Waals surface area contributed by atoms with Crippen molar-refractivity contribution in [1.29, 1.82) is 5.26 Å². The largest absolute Gasteiger partial charge is 0.416 e. The number of hydrogen-bond donors (Lipinski definition) is 1. The maximum atomic E-state index is 13.3. The van der Waals surface area contributed by atoms with Crippen LogP contribution in [0.5, 0.6) is 0 Å². The van der Waals surface area contributed by atoms with E-state index in [4.69, 9.17) is 5.26 Å². The van der Waals surface area contributed by atoms with Crippen LogP contribution in [0, 0.1) is 16.7 Å². The Bertz CT molecular complexity index is 837. The van der Waals surface area contributed by atoms with E-state index in [0.29, 0.717) is 37.3 Å². The lowest BCUT2D eigenvalue weighted by molar-refractivity contribution is -0.138. The van der Waals surface area contributed by atoms with Gasteiger partial charge in [0, 0.05) is 31.3 Å². The number of aromatic nitrogens is 1. The topological polar surface area (TPSA) is 60.2 Å². The minimum atomic E-state index is -4.41. The summed E-state index contributed by atoms with van der Waals surface area (Å²) in [5.41, 5.74) is -0.496. The highest BCUT2D eigenvalue weighted by atomic mass is 19.4. The number of aliphatic hydroxyl groups excluding tert-OH is 1.